The van der Waals surface area contributed by atoms with Crippen LogP contribution in [0.25, 0.3) is 0 Å². The van der Waals surface area contributed by atoms with Gasteiger partial charge in [0.1, 0.15) is 68.8 Å². The second kappa shape index (κ2) is 46.7. The van der Waals surface area contributed by atoms with Crippen LogP contribution < -0.4 is 0 Å². The fraction of sp³-hybridized carbons (Fsp3) is 0.215. The van der Waals surface area contributed by atoms with E-state index < -0.39 is 118 Å². The molecular formula is C65H68O22. The number of carbonyl (C=O) groups is 10. The van der Waals surface area contributed by atoms with Gasteiger partial charge in [0.05, 0.1) is 61.4 Å². The third-order valence-electron chi connectivity index (χ3n) is 11.1. The van der Waals surface area contributed by atoms with Gasteiger partial charge in [-0.2, -0.15) is 0 Å². The lowest BCUT2D eigenvalue weighted by atomic mass is 9.83. The number of allylic oxidation sites excluding steroid dienone is 13. The lowest BCUT2D eigenvalue weighted by Gasteiger charge is -2.25. The number of hydrogen-bond acceptors (Lipinski definition) is 22. The molecule has 0 radical (unpaired) electrons. The van der Waals surface area contributed by atoms with Gasteiger partial charge in [0.25, 0.3) is 0 Å². The zero-order chi connectivity index (χ0) is 65.5. The fourth-order valence-corrected chi connectivity index (χ4v) is 6.85. The van der Waals surface area contributed by atoms with Crippen LogP contribution in [0.5, 0.6) is 0 Å². The summed E-state index contributed by atoms with van der Waals surface area (Å²) < 4.78 is 4.87. The highest BCUT2D eigenvalue weighted by Crippen LogP contribution is 2.35. The van der Waals surface area contributed by atoms with Gasteiger partial charge < -0.3 is 60.9 Å². The van der Waals surface area contributed by atoms with Crippen molar-refractivity contribution in [2.45, 2.75) is 75.2 Å². The molecule has 11 N–H and O–H groups in total. The van der Waals surface area contributed by atoms with Gasteiger partial charge in [0, 0.05) is 5.92 Å². The van der Waals surface area contributed by atoms with Gasteiger partial charge in [-0.05, 0) is 190 Å². The summed E-state index contributed by atoms with van der Waals surface area (Å²) in [6.07, 6.45) is 11.9. The maximum atomic E-state index is 12.8. The zero-order valence-corrected chi connectivity index (χ0v) is 47.0. The first-order valence-corrected chi connectivity index (χ1v) is 25.8. The number of aliphatic hydroxyl groups excluding tert-OH is 11. The van der Waals surface area contributed by atoms with Crippen molar-refractivity contribution in [1.82, 2.24) is 0 Å². The van der Waals surface area contributed by atoms with Crippen LogP contribution >= 0.6 is 0 Å². The number of carbonyl (C=O) groups excluding carboxylic acids is 10. The third kappa shape index (κ3) is 32.2. The molecule has 10 unspecified atom stereocenters. The van der Waals surface area contributed by atoms with Gasteiger partial charge in [-0.1, -0.05) is 56.0 Å². The van der Waals surface area contributed by atoms with E-state index >= 15 is 0 Å². The molecule has 10 atom stereocenters. The average molecular weight is 1200 g/mol. The minimum atomic E-state index is -2.40. The maximum Gasteiger partial charge on any atom is 0.322 e. The van der Waals surface area contributed by atoms with E-state index in [9.17, 15) is 104 Å². The molecule has 0 fully saturated rings. The highest BCUT2D eigenvalue weighted by molar-refractivity contribution is 5.74. The Kier molecular flexibility index (Phi) is 41.4. The summed E-state index contributed by atoms with van der Waals surface area (Å²) in [5, 5.41) is 126. The third-order valence-corrected chi connectivity index (χ3v) is 11.1. The first kappa shape index (κ1) is 77.3. The van der Waals surface area contributed by atoms with Crippen LogP contribution in [0.1, 0.15) is 20.3 Å². The van der Waals surface area contributed by atoms with E-state index in [0.29, 0.717) is 31.4 Å². The van der Waals surface area contributed by atoms with Crippen molar-refractivity contribution in [3.8, 4) is 12.0 Å². The standard InChI is InChI=1S/C65H68O22/c1-3-45(2)65(86)87-36-25-51(76)22-23-60(81)59(44-64(85)57(48(15-6-28-68)38-53(78)19-10-32-72)42-62(83)49(16-7-29-69)39-54(79)20-11-33-73)58(43-63(84)50(17-8-30-70)40-55(80)21-12-34-74)56(41-61(82)46(24-35-75)13-4-26-66)47(14-5-27-67)37-52(77)18-9-31-71/h4-21,23-24,26-34,37-45,52-55,60-64,75-85H,3,35H2,1-2H3/b13-4+,14-5+,15-6-,16-7+,17-8+,18-9-,19-10+,20-11+,21-12-,46-24+,47-37+,48-38-,49-39+,50-40+,56-41+,57-42-,58-43+,59-44-. The van der Waals surface area contributed by atoms with Crippen LogP contribution in [0.2, 0.25) is 0 Å². The molecule has 0 aliphatic heterocycles. The van der Waals surface area contributed by atoms with Gasteiger partial charge >= 0.3 is 5.97 Å². The predicted octanol–water partition coefficient (Wildman–Crippen LogP) is 1.51. The van der Waals surface area contributed by atoms with Crippen LogP contribution in [-0.2, 0) is 52.7 Å². The van der Waals surface area contributed by atoms with Gasteiger partial charge in [-0.25, -0.2) is 0 Å². The van der Waals surface area contributed by atoms with Crippen LogP contribution in [-0.4, -0.2) is 180 Å². The molecule has 0 rings (SSSR count). The summed E-state index contributed by atoms with van der Waals surface area (Å²) >= 11 is 0. The fourth-order valence-electron chi connectivity index (χ4n) is 6.85. The summed E-state index contributed by atoms with van der Waals surface area (Å²) in [5.74, 6) is -0.383. The minimum absolute atomic E-state index is 0.232. The Labute approximate surface area is 501 Å². The van der Waals surface area contributed by atoms with Crippen molar-refractivity contribution in [3.05, 3.63) is 232 Å². The van der Waals surface area contributed by atoms with Gasteiger partial charge in [-0.3, -0.25) is 47.9 Å². The van der Waals surface area contributed by atoms with Crippen molar-refractivity contribution in [1.29, 1.82) is 0 Å². The smallest absolute Gasteiger partial charge is 0.322 e. The Morgan fingerprint density at radius 1 is 0.437 bits per heavy atom. The van der Waals surface area contributed by atoms with E-state index in [4.69, 9.17) is 4.74 Å². The molecule has 0 aromatic rings. The molecule has 0 spiro atoms. The molecular weight excluding hydrogens is 1130 g/mol. The minimum Gasteiger partial charge on any atom is -0.495 e. The molecule has 460 valence electrons. The summed E-state index contributed by atoms with van der Waals surface area (Å²) in [5.41, 5.74) is -2.10. The molecule has 0 amide bonds. The Morgan fingerprint density at radius 3 is 1.26 bits per heavy atom. The van der Waals surface area contributed by atoms with Crippen LogP contribution in [0.15, 0.2) is 232 Å². The zero-order valence-electron chi connectivity index (χ0n) is 47.0. The molecule has 22 nitrogen and oxygen atoms in total. The quantitative estimate of drug-likeness (QED) is 0.00790. The molecule has 0 saturated carbocycles. The van der Waals surface area contributed by atoms with Crippen molar-refractivity contribution >= 4 is 62.5 Å². The van der Waals surface area contributed by atoms with Crippen molar-refractivity contribution in [2.24, 2.45) is 5.92 Å². The summed E-state index contributed by atoms with van der Waals surface area (Å²) in [7, 11) is 0. The summed E-state index contributed by atoms with van der Waals surface area (Å²) in [4.78, 5) is 116. The molecule has 0 aliphatic rings. The Bertz CT molecular complexity index is 3080. The molecule has 0 aromatic carbocycles. The van der Waals surface area contributed by atoms with E-state index in [0.717, 1.165) is 164 Å². The Morgan fingerprint density at radius 2 is 0.816 bits per heavy atom. The van der Waals surface area contributed by atoms with Crippen LogP contribution in [0, 0.1) is 17.9 Å². The van der Waals surface area contributed by atoms with E-state index in [-0.39, 0.29) is 48.9 Å². The normalized spacial score (nSPS) is 17.4. The average Bonchev–Trinajstić information content (AvgIpc) is 3.41. The SMILES string of the molecule is CCC(C)C(=O)OC#CC(O)=C=CC(O)C(=C\C(O)C(=C\C(O)C(/C=C/C=O)=C/C(O)/C=C/C=O)/C(/C=C\C=O)=C\C(O)/C=C/C=O)/C(=C/C(O)C(/C=C/C=O)=C/C(O)/C=C\C=O)C(=C/C(O)C(/C=C/C=O)=C/CO)/C(/C=C/C=O)=C/C(O)/C=C\C=O. The number of esters is 1. The molecule has 0 heterocycles. The molecule has 0 aliphatic carbocycles. The number of aldehydes is 9. The van der Waals surface area contributed by atoms with E-state index in [1.165, 1.54) is 6.92 Å². The van der Waals surface area contributed by atoms with Gasteiger partial charge in [0.2, 0.25) is 5.76 Å². The van der Waals surface area contributed by atoms with Crippen LogP contribution in [0.3, 0.4) is 0 Å². The second-order valence-electron chi connectivity index (χ2n) is 17.2. The molecule has 0 bridgehead atoms. The summed E-state index contributed by atoms with van der Waals surface area (Å²) in [6, 6.07) is 0. The highest BCUT2D eigenvalue weighted by atomic mass is 16.5. The topological polar surface area (TPSA) is 402 Å². The predicted molar refractivity (Wildman–Crippen MR) is 318 cm³/mol. The highest BCUT2D eigenvalue weighted by Gasteiger charge is 2.27. The first-order chi connectivity index (χ1) is 41.7. The molecule has 0 aromatic heterocycles. The largest absolute Gasteiger partial charge is 0.495 e. The monoisotopic (exact) mass is 1200 g/mol. The Hall–Kier alpha value is -9.70. The van der Waals surface area contributed by atoms with Gasteiger partial charge in [0.15, 0.2) is 0 Å². The molecule has 0 saturated heterocycles. The lowest BCUT2D eigenvalue weighted by Crippen LogP contribution is -2.21. The summed E-state index contributed by atoms with van der Waals surface area (Å²) in [6.45, 7) is 2.42. The van der Waals surface area contributed by atoms with Crippen molar-refractivity contribution in [3.63, 3.8) is 0 Å². The van der Waals surface area contributed by atoms with E-state index in [1.807, 2.05) is 6.11 Å². The van der Waals surface area contributed by atoms with E-state index in [2.05, 4.69) is 11.7 Å². The number of rotatable bonds is 39. The van der Waals surface area contributed by atoms with Crippen molar-refractivity contribution < 1.29 is 109 Å². The number of ether oxygens (including phenoxy) is 1. The maximum absolute atomic E-state index is 12.8. The van der Waals surface area contributed by atoms with Gasteiger partial charge in [-0.15, -0.1) is 0 Å². The van der Waals surface area contributed by atoms with E-state index in [1.54, 1.807) is 6.92 Å². The van der Waals surface area contributed by atoms with Crippen LogP contribution in [0.4, 0.5) is 0 Å². The Balaban J connectivity index is 10.9. The van der Waals surface area contributed by atoms with Crippen molar-refractivity contribution in [2.75, 3.05) is 6.61 Å². The number of aliphatic hydroxyl groups is 11. The lowest BCUT2D eigenvalue weighted by molar-refractivity contribution is -0.141. The second-order valence-corrected chi connectivity index (χ2v) is 17.2. The first-order valence-electron chi connectivity index (χ1n) is 25.8. The molecule has 87 heavy (non-hydrogen) atoms. The molecule has 22 heteroatoms. The number of hydrogen-bond donors (Lipinski definition) is 11.